The minimum Gasteiger partial charge on any atom is -0.267 e. The standard InChI is InChI=1S/C16H14N4O2S/c1-9(2)5-14-20-13(7-23-14)16(22)19-10-3-4-12-11(6-10)15(21)18-8-17-12/h3-4,6-9H,5H2,1-2H3. The number of hydrogen-bond donors (Lipinski definition) is 0. The van der Waals surface area contributed by atoms with Crippen LogP contribution >= 0.6 is 11.3 Å². The molecule has 23 heavy (non-hydrogen) atoms. The number of nitrogens with zero attached hydrogens (tertiary/aromatic N) is 4. The molecule has 2 amide bonds. The number of aromatic nitrogens is 1. The van der Waals surface area contributed by atoms with Gasteiger partial charge in [-0.25, -0.2) is 15.0 Å². The van der Waals surface area contributed by atoms with Crippen molar-refractivity contribution in [1.82, 2.24) is 4.98 Å². The molecule has 0 fully saturated rings. The van der Waals surface area contributed by atoms with Crippen LogP contribution in [0.1, 0.15) is 29.3 Å². The average molecular weight is 326 g/mol. The minimum absolute atomic E-state index is 0.331. The number of carbonyl (C=O) groups excluding carboxylic acids is 2. The average Bonchev–Trinajstić information content (AvgIpc) is 2.96. The molecule has 1 aromatic heterocycles. The smallest absolute Gasteiger partial charge is 0.267 e. The molecular formula is C16H14N4O2S. The molecule has 0 unspecified atom stereocenters. The van der Waals surface area contributed by atoms with Crippen LogP contribution in [0, 0.1) is 5.92 Å². The molecule has 0 bridgehead atoms. The summed E-state index contributed by atoms with van der Waals surface area (Å²) in [6.45, 7) is 4.20. The van der Waals surface area contributed by atoms with Gasteiger partial charge in [0.1, 0.15) is 12.0 Å². The van der Waals surface area contributed by atoms with Crippen molar-refractivity contribution in [2.24, 2.45) is 20.9 Å². The van der Waals surface area contributed by atoms with Crippen molar-refractivity contribution in [1.29, 1.82) is 0 Å². The summed E-state index contributed by atoms with van der Waals surface area (Å²) in [5.41, 5.74) is 1.61. The summed E-state index contributed by atoms with van der Waals surface area (Å²) in [6, 6.07) is 0. The van der Waals surface area contributed by atoms with Gasteiger partial charge in [0.05, 0.1) is 22.0 Å². The Labute approximate surface area is 137 Å². The zero-order valence-electron chi connectivity index (χ0n) is 12.7. The normalized spacial score (nSPS) is 18.2. The second-order valence-corrected chi connectivity index (χ2v) is 6.46. The summed E-state index contributed by atoms with van der Waals surface area (Å²) in [4.78, 5) is 39.9. The van der Waals surface area contributed by atoms with E-state index in [-0.39, 0.29) is 5.91 Å². The van der Waals surface area contributed by atoms with Crippen molar-refractivity contribution < 1.29 is 9.59 Å². The SMILES string of the molecule is CC(C)Cc1nc(C(=O)N=C2C=CC3=NC=NC(=O)C3=C2)cs1. The third-order valence-electron chi connectivity index (χ3n) is 3.17. The lowest BCUT2D eigenvalue weighted by Crippen LogP contribution is -2.18. The van der Waals surface area contributed by atoms with Crippen LogP contribution in [0.3, 0.4) is 0 Å². The molecule has 0 atom stereocenters. The molecule has 116 valence electrons. The first-order valence-corrected chi connectivity index (χ1v) is 8.03. The van der Waals surface area contributed by atoms with Crippen LogP contribution in [-0.2, 0) is 11.2 Å². The summed E-state index contributed by atoms with van der Waals surface area (Å²) in [5.74, 6) is -0.315. The van der Waals surface area contributed by atoms with Gasteiger partial charge in [-0.1, -0.05) is 13.8 Å². The number of thiazole rings is 1. The molecular weight excluding hydrogens is 312 g/mol. The highest BCUT2D eigenvalue weighted by atomic mass is 32.1. The Balaban J connectivity index is 1.81. The zero-order chi connectivity index (χ0) is 16.4. The third kappa shape index (κ3) is 3.45. The maximum absolute atomic E-state index is 12.2. The summed E-state index contributed by atoms with van der Waals surface area (Å²) in [6.07, 6.45) is 6.88. The summed E-state index contributed by atoms with van der Waals surface area (Å²) < 4.78 is 0. The van der Waals surface area contributed by atoms with Gasteiger partial charge in [0.25, 0.3) is 11.8 Å². The minimum atomic E-state index is -0.417. The van der Waals surface area contributed by atoms with Gasteiger partial charge in [-0.2, -0.15) is 4.99 Å². The van der Waals surface area contributed by atoms with Gasteiger partial charge in [0.15, 0.2) is 0 Å². The second-order valence-electron chi connectivity index (χ2n) is 5.52. The number of hydrogen-bond acceptors (Lipinski definition) is 5. The van der Waals surface area contributed by atoms with E-state index in [9.17, 15) is 9.59 Å². The molecule has 2 aliphatic rings. The van der Waals surface area contributed by atoms with E-state index in [0.29, 0.717) is 28.6 Å². The molecule has 1 aliphatic heterocycles. The first-order valence-electron chi connectivity index (χ1n) is 7.15. The van der Waals surface area contributed by atoms with Crippen LogP contribution in [0.25, 0.3) is 0 Å². The third-order valence-corrected chi connectivity index (χ3v) is 4.04. The Morgan fingerprint density at radius 1 is 1.35 bits per heavy atom. The molecule has 0 saturated carbocycles. The maximum Gasteiger partial charge on any atom is 0.296 e. The van der Waals surface area contributed by atoms with E-state index < -0.39 is 5.91 Å². The molecule has 7 heteroatoms. The molecule has 3 rings (SSSR count). The number of carbonyl (C=O) groups is 2. The highest BCUT2D eigenvalue weighted by molar-refractivity contribution is 7.09. The Morgan fingerprint density at radius 2 is 2.17 bits per heavy atom. The maximum atomic E-state index is 12.2. The second kappa shape index (κ2) is 6.29. The predicted molar refractivity (Wildman–Crippen MR) is 90.6 cm³/mol. The molecule has 0 spiro atoms. The van der Waals surface area contributed by atoms with Crippen molar-refractivity contribution in [3.05, 3.63) is 39.9 Å². The lowest BCUT2D eigenvalue weighted by atomic mass is 10.0. The number of allylic oxidation sites excluding steroid dienone is 3. The van der Waals surface area contributed by atoms with E-state index in [2.05, 4.69) is 33.8 Å². The van der Waals surface area contributed by atoms with Crippen LogP contribution in [0.5, 0.6) is 0 Å². The molecule has 0 radical (unpaired) electrons. The Kier molecular flexibility index (Phi) is 4.20. The molecule has 0 saturated heterocycles. The fraction of sp³-hybridized carbons (Fsp3) is 0.250. The van der Waals surface area contributed by atoms with E-state index in [1.54, 1.807) is 17.5 Å². The van der Waals surface area contributed by atoms with Gasteiger partial charge in [0.2, 0.25) is 0 Å². The van der Waals surface area contributed by atoms with E-state index in [1.807, 2.05) is 0 Å². The number of aliphatic imine (C=N–C) groups is 3. The van der Waals surface area contributed by atoms with Crippen molar-refractivity contribution in [3.8, 4) is 0 Å². The van der Waals surface area contributed by atoms with E-state index in [0.717, 1.165) is 11.4 Å². The summed E-state index contributed by atoms with van der Waals surface area (Å²) in [5, 5.41) is 2.64. The highest BCUT2D eigenvalue weighted by Gasteiger charge is 2.20. The molecule has 1 aromatic rings. The van der Waals surface area contributed by atoms with Gasteiger partial charge in [-0.15, -0.1) is 11.3 Å². The lowest BCUT2D eigenvalue weighted by Gasteiger charge is -2.10. The first-order chi connectivity index (χ1) is 11.0. The van der Waals surface area contributed by atoms with Gasteiger partial charge in [0, 0.05) is 11.8 Å². The number of fused-ring (bicyclic) bond motifs is 1. The van der Waals surface area contributed by atoms with Gasteiger partial charge in [-0.05, 0) is 24.1 Å². The van der Waals surface area contributed by atoms with Crippen LogP contribution < -0.4 is 0 Å². The van der Waals surface area contributed by atoms with Crippen LogP contribution in [0.15, 0.2) is 44.2 Å². The van der Waals surface area contributed by atoms with Crippen molar-refractivity contribution in [3.63, 3.8) is 0 Å². The van der Waals surface area contributed by atoms with E-state index in [1.165, 1.54) is 23.8 Å². The van der Waals surface area contributed by atoms with Crippen molar-refractivity contribution in [2.45, 2.75) is 20.3 Å². The quantitative estimate of drug-likeness (QED) is 0.800. The molecule has 6 nitrogen and oxygen atoms in total. The molecule has 2 heterocycles. The fourth-order valence-electron chi connectivity index (χ4n) is 2.12. The van der Waals surface area contributed by atoms with Crippen LogP contribution in [0.4, 0.5) is 0 Å². The molecule has 1 aliphatic carbocycles. The summed E-state index contributed by atoms with van der Waals surface area (Å²) >= 11 is 1.46. The van der Waals surface area contributed by atoms with Crippen LogP contribution in [0.2, 0.25) is 0 Å². The highest BCUT2D eigenvalue weighted by Crippen LogP contribution is 2.16. The molecule has 0 N–H and O–H groups in total. The van der Waals surface area contributed by atoms with Crippen LogP contribution in [-0.4, -0.2) is 34.6 Å². The van der Waals surface area contributed by atoms with Gasteiger partial charge >= 0.3 is 0 Å². The zero-order valence-corrected chi connectivity index (χ0v) is 13.5. The Bertz CT molecular complexity index is 825. The lowest BCUT2D eigenvalue weighted by molar-refractivity contribution is -0.113. The van der Waals surface area contributed by atoms with Crippen molar-refractivity contribution >= 4 is 40.9 Å². The Hall–Kier alpha value is -2.54. The van der Waals surface area contributed by atoms with Gasteiger partial charge in [-0.3, -0.25) is 9.59 Å². The van der Waals surface area contributed by atoms with Gasteiger partial charge < -0.3 is 0 Å². The Morgan fingerprint density at radius 3 is 2.96 bits per heavy atom. The fourth-order valence-corrected chi connectivity index (χ4v) is 3.10. The predicted octanol–water partition coefficient (Wildman–Crippen LogP) is 2.43. The van der Waals surface area contributed by atoms with E-state index >= 15 is 0 Å². The monoisotopic (exact) mass is 326 g/mol. The van der Waals surface area contributed by atoms with E-state index in [4.69, 9.17) is 0 Å². The molecule has 0 aromatic carbocycles. The number of rotatable bonds is 3. The number of amides is 2. The largest absolute Gasteiger partial charge is 0.296 e. The first kappa shape index (κ1) is 15.4. The topological polar surface area (TPSA) is 84.1 Å². The van der Waals surface area contributed by atoms with Crippen molar-refractivity contribution in [2.75, 3.05) is 0 Å². The summed E-state index contributed by atoms with van der Waals surface area (Å²) in [7, 11) is 0.